The van der Waals surface area contributed by atoms with Crippen LogP contribution in [0.4, 0.5) is 5.69 Å². The summed E-state index contributed by atoms with van der Waals surface area (Å²) in [6, 6.07) is 5.16. The quantitative estimate of drug-likeness (QED) is 0.869. The van der Waals surface area contributed by atoms with E-state index in [0.717, 1.165) is 24.2 Å². The minimum absolute atomic E-state index is 0. The number of anilines is 1. The fraction of sp³-hybridized carbons (Fsp3) is 0.562. The van der Waals surface area contributed by atoms with Gasteiger partial charge in [-0.1, -0.05) is 0 Å². The van der Waals surface area contributed by atoms with E-state index in [9.17, 15) is 13.2 Å². The highest BCUT2D eigenvalue weighted by Crippen LogP contribution is 2.34. The number of hydrogen-bond acceptors (Lipinski definition) is 4. The standard InChI is InChI=1S/C16H23N3O3S.ClH/c1-11-8-13-9-15(4-5-16(13)19(11)12(2)20)23(21,22)18(3)14-6-7-17-10-14;/h4-5,9,11,14,17H,6-8,10H2,1-3H3;1H. The highest BCUT2D eigenvalue weighted by atomic mass is 35.5. The smallest absolute Gasteiger partial charge is 0.243 e. The topological polar surface area (TPSA) is 69.7 Å². The van der Waals surface area contributed by atoms with E-state index in [1.165, 1.54) is 11.2 Å². The molecule has 3 rings (SSSR count). The summed E-state index contributed by atoms with van der Waals surface area (Å²) in [4.78, 5) is 13.8. The summed E-state index contributed by atoms with van der Waals surface area (Å²) in [5.74, 6) is -0.0130. The lowest BCUT2D eigenvalue weighted by atomic mass is 10.1. The Morgan fingerprint density at radius 3 is 2.67 bits per heavy atom. The fourth-order valence-corrected chi connectivity index (χ4v) is 5.00. The molecule has 8 heteroatoms. The Morgan fingerprint density at radius 2 is 2.08 bits per heavy atom. The maximum atomic E-state index is 12.8. The first kappa shape index (κ1) is 19.2. The number of nitrogens with zero attached hydrogens (tertiary/aromatic N) is 2. The molecule has 2 aliphatic heterocycles. The number of sulfonamides is 1. The lowest BCUT2D eigenvalue weighted by Gasteiger charge is -2.24. The van der Waals surface area contributed by atoms with Crippen molar-refractivity contribution in [1.29, 1.82) is 0 Å². The van der Waals surface area contributed by atoms with Crippen molar-refractivity contribution in [1.82, 2.24) is 9.62 Å². The van der Waals surface area contributed by atoms with Gasteiger partial charge in [0.1, 0.15) is 0 Å². The van der Waals surface area contributed by atoms with Gasteiger partial charge in [-0.3, -0.25) is 4.79 Å². The van der Waals surface area contributed by atoms with Gasteiger partial charge in [0.25, 0.3) is 0 Å². The molecule has 1 N–H and O–H groups in total. The first-order valence-electron chi connectivity index (χ1n) is 7.94. The van der Waals surface area contributed by atoms with E-state index in [0.29, 0.717) is 17.9 Å². The molecule has 1 aromatic rings. The first-order chi connectivity index (χ1) is 10.8. The van der Waals surface area contributed by atoms with Gasteiger partial charge < -0.3 is 10.2 Å². The zero-order chi connectivity index (χ0) is 16.8. The van der Waals surface area contributed by atoms with Crippen LogP contribution < -0.4 is 10.2 Å². The molecule has 1 saturated heterocycles. The minimum Gasteiger partial charge on any atom is -0.315 e. The van der Waals surface area contributed by atoms with Crippen molar-refractivity contribution in [3.8, 4) is 0 Å². The first-order valence-corrected chi connectivity index (χ1v) is 9.38. The molecule has 0 bridgehead atoms. The second-order valence-electron chi connectivity index (χ2n) is 6.40. The molecule has 1 fully saturated rings. The summed E-state index contributed by atoms with van der Waals surface area (Å²) in [6.45, 7) is 5.05. The van der Waals surface area contributed by atoms with Crippen molar-refractivity contribution in [3.05, 3.63) is 23.8 Å². The van der Waals surface area contributed by atoms with Crippen LogP contribution >= 0.6 is 12.4 Å². The van der Waals surface area contributed by atoms with Gasteiger partial charge in [-0.15, -0.1) is 12.4 Å². The molecular weight excluding hydrogens is 350 g/mol. The number of nitrogens with one attached hydrogen (secondary N) is 1. The lowest BCUT2D eigenvalue weighted by Crippen LogP contribution is -2.38. The van der Waals surface area contributed by atoms with Crippen LogP contribution in [0.3, 0.4) is 0 Å². The van der Waals surface area contributed by atoms with Gasteiger partial charge in [0.2, 0.25) is 15.9 Å². The van der Waals surface area contributed by atoms with E-state index in [4.69, 9.17) is 0 Å². The number of halogens is 1. The van der Waals surface area contributed by atoms with Gasteiger partial charge in [0, 0.05) is 38.3 Å². The maximum absolute atomic E-state index is 12.8. The number of benzene rings is 1. The van der Waals surface area contributed by atoms with Crippen LogP contribution in [0.2, 0.25) is 0 Å². The van der Waals surface area contributed by atoms with Crippen LogP contribution in [0.25, 0.3) is 0 Å². The Morgan fingerprint density at radius 1 is 1.38 bits per heavy atom. The largest absolute Gasteiger partial charge is 0.315 e. The Kier molecular flexibility index (Phi) is 5.59. The highest BCUT2D eigenvalue weighted by Gasteiger charge is 2.33. The van der Waals surface area contributed by atoms with E-state index in [-0.39, 0.29) is 30.4 Å². The number of fused-ring (bicyclic) bond motifs is 1. The third-order valence-electron chi connectivity index (χ3n) is 4.83. The average molecular weight is 374 g/mol. The Balaban J connectivity index is 0.00000208. The Bertz CT molecular complexity index is 732. The van der Waals surface area contributed by atoms with Gasteiger partial charge in [-0.2, -0.15) is 4.31 Å². The fourth-order valence-electron chi connectivity index (χ4n) is 3.56. The Labute approximate surface area is 149 Å². The van der Waals surface area contributed by atoms with Crippen molar-refractivity contribution < 1.29 is 13.2 Å². The molecule has 134 valence electrons. The molecule has 1 aromatic carbocycles. The van der Waals surface area contributed by atoms with E-state index in [1.54, 1.807) is 30.1 Å². The van der Waals surface area contributed by atoms with E-state index >= 15 is 0 Å². The average Bonchev–Trinajstić information content (AvgIpc) is 3.11. The summed E-state index contributed by atoms with van der Waals surface area (Å²) in [5, 5.41) is 3.19. The normalized spacial score (nSPS) is 23.2. The lowest BCUT2D eigenvalue weighted by molar-refractivity contribution is -0.116. The van der Waals surface area contributed by atoms with E-state index in [2.05, 4.69) is 5.32 Å². The van der Waals surface area contributed by atoms with Crippen LogP contribution in [0.1, 0.15) is 25.8 Å². The highest BCUT2D eigenvalue weighted by molar-refractivity contribution is 7.89. The number of hydrogen-bond donors (Lipinski definition) is 1. The van der Waals surface area contributed by atoms with Crippen molar-refractivity contribution in [2.75, 3.05) is 25.0 Å². The van der Waals surface area contributed by atoms with Gasteiger partial charge in [-0.25, -0.2) is 8.42 Å². The summed E-state index contributed by atoms with van der Waals surface area (Å²) < 4.78 is 27.1. The van der Waals surface area contributed by atoms with Crippen LogP contribution in [-0.2, 0) is 21.2 Å². The van der Waals surface area contributed by atoms with Crippen LogP contribution in [0.15, 0.2) is 23.1 Å². The summed E-state index contributed by atoms with van der Waals surface area (Å²) in [6.07, 6.45) is 1.52. The van der Waals surface area contributed by atoms with E-state index in [1.807, 2.05) is 6.92 Å². The molecule has 2 heterocycles. The third-order valence-corrected chi connectivity index (χ3v) is 6.74. The van der Waals surface area contributed by atoms with Crippen molar-refractivity contribution in [3.63, 3.8) is 0 Å². The van der Waals surface area contributed by atoms with Crippen molar-refractivity contribution >= 4 is 34.0 Å². The van der Waals surface area contributed by atoms with Crippen molar-refractivity contribution in [2.45, 2.75) is 43.7 Å². The summed E-state index contributed by atoms with van der Waals surface area (Å²) in [7, 11) is -1.87. The minimum atomic E-state index is -3.51. The maximum Gasteiger partial charge on any atom is 0.243 e. The van der Waals surface area contributed by atoms with Gasteiger partial charge in [0.15, 0.2) is 0 Å². The monoisotopic (exact) mass is 373 g/mol. The molecule has 1 amide bonds. The molecule has 0 aliphatic carbocycles. The van der Waals surface area contributed by atoms with Crippen LogP contribution in [-0.4, -0.2) is 50.9 Å². The third kappa shape index (κ3) is 3.18. The number of carbonyl (C=O) groups excluding carboxylic acids is 1. The predicted molar refractivity (Wildman–Crippen MR) is 96.2 cm³/mol. The van der Waals surface area contributed by atoms with Gasteiger partial charge >= 0.3 is 0 Å². The second-order valence-corrected chi connectivity index (χ2v) is 8.40. The van der Waals surface area contributed by atoms with E-state index < -0.39 is 10.0 Å². The van der Waals surface area contributed by atoms with Gasteiger partial charge in [0.05, 0.1) is 4.90 Å². The Hall–Kier alpha value is -1.15. The SMILES string of the molecule is CC(=O)N1c2ccc(S(=O)(=O)N(C)C3CCNC3)cc2CC1C.Cl. The number of amides is 1. The molecule has 2 unspecified atom stereocenters. The number of likely N-dealkylation sites (N-methyl/N-ethyl adjacent to an activating group) is 1. The molecule has 0 spiro atoms. The molecular formula is C16H24ClN3O3S. The van der Waals surface area contributed by atoms with Crippen LogP contribution in [0, 0.1) is 0 Å². The second kappa shape index (κ2) is 7.00. The van der Waals surface area contributed by atoms with Crippen molar-refractivity contribution in [2.24, 2.45) is 0 Å². The summed E-state index contributed by atoms with van der Waals surface area (Å²) in [5.41, 5.74) is 1.75. The molecule has 6 nitrogen and oxygen atoms in total. The molecule has 0 radical (unpaired) electrons. The summed E-state index contributed by atoms with van der Waals surface area (Å²) >= 11 is 0. The van der Waals surface area contributed by atoms with Gasteiger partial charge in [-0.05, 0) is 50.1 Å². The zero-order valence-electron chi connectivity index (χ0n) is 14.2. The predicted octanol–water partition coefficient (Wildman–Crippen LogP) is 1.39. The zero-order valence-corrected chi connectivity index (χ0v) is 15.8. The molecule has 0 saturated carbocycles. The number of carbonyl (C=O) groups is 1. The molecule has 2 atom stereocenters. The van der Waals surface area contributed by atoms with Crippen LogP contribution in [0.5, 0.6) is 0 Å². The molecule has 2 aliphatic rings. The number of rotatable bonds is 3. The molecule has 24 heavy (non-hydrogen) atoms. The molecule has 0 aromatic heterocycles.